The van der Waals surface area contributed by atoms with Gasteiger partial charge in [0.25, 0.3) is 5.91 Å². The summed E-state index contributed by atoms with van der Waals surface area (Å²) in [6.07, 6.45) is 2.50. The van der Waals surface area contributed by atoms with Gasteiger partial charge in [-0.15, -0.1) is 0 Å². The molecule has 0 bridgehead atoms. The van der Waals surface area contributed by atoms with Crippen molar-refractivity contribution in [3.05, 3.63) is 17.7 Å². The minimum absolute atomic E-state index is 0.0645. The molecule has 108 valence electrons. The lowest BCUT2D eigenvalue weighted by molar-refractivity contribution is -0.119. The average molecular weight is 280 g/mol. The van der Waals surface area contributed by atoms with Crippen LogP contribution in [0.1, 0.15) is 40.7 Å². The smallest absolute Gasteiger partial charge is 0.354 e. The molecule has 0 saturated carbocycles. The van der Waals surface area contributed by atoms with Crippen molar-refractivity contribution in [3.8, 4) is 0 Å². The molecule has 20 heavy (non-hydrogen) atoms. The number of hydrogen-bond donors (Lipinski definition) is 3. The van der Waals surface area contributed by atoms with Crippen molar-refractivity contribution in [2.24, 2.45) is 0 Å². The predicted molar refractivity (Wildman–Crippen MR) is 68.3 cm³/mol. The zero-order valence-corrected chi connectivity index (χ0v) is 11.0. The van der Waals surface area contributed by atoms with Gasteiger partial charge in [-0.2, -0.15) is 0 Å². The number of amides is 2. The van der Waals surface area contributed by atoms with Gasteiger partial charge < -0.3 is 20.3 Å². The highest BCUT2D eigenvalue weighted by molar-refractivity contribution is 6.02. The summed E-state index contributed by atoms with van der Waals surface area (Å²) in [4.78, 5) is 41.9. The first-order chi connectivity index (χ1) is 9.49. The van der Waals surface area contributed by atoms with Crippen LogP contribution in [0.3, 0.4) is 0 Å². The average Bonchev–Trinajstić information content (AvgIpc) is 2.87. The molecule has 8 heteroatoms. The molecule has 0 unspecified atom stereocenters. The van der Waals surface area contributed by atoms with Crippen molar-refractivity contribution in [2.45, 2.75) is 25.8 Å². The number of imidazole rings is 1. The second-order valence-electron chi connectivity index (χ2n) is 4.70. The van der Waals surface area contributed by atoms with Crippen LogP contribution in [-0.2, 0) is 4.79 Å². The van der Waals surface area contributed by atoms with Gasteiger partial charge >= 0.3 is 5.97 Å². The van der Waals surface area contributed by atoms with Crippen LogP contribution in [0.2, 0.25) is 0 Å². The summed E-state index contributed by atoms with van der Waals surface area (Å²) in [5.41, 5.74) is -0.269. The van der Waals surface area contributed by atoms with Gasteiger partial charge in [-0.1, -0.05) is 0 Å². The van der Waals surface area contributed by atoms with Crippen LogP contribution in [0.15, 0.2) is 6.33 Å². The molecule has 1 aromatic heterocycles. The second-order valence-corrected chi connectivity index (χ2v) is 4.70. The largest absolute Gasteiger partial charge is 0.477 e. The summed E-state index contributed by atoms with van der Waals surface area (Å²) in [6.45, 7) is 2.39. The highest BCUT2D eigenvalue weighted by Crippen LogP contribution is 2.14. The Balaban J connectivity index is 2.00. The lowest BCUT2D eigenvalue weighted by Crippen LogP contribution is -2.46. The molecule has 1 aromatic rings. The number of aromatic carboxylic acids is 1. The lowest BCUT2D eigenvalue weighted by atomic mass is 10.0. The maximum atomic E-state index is 12.2. The Morgan fingerprint density at radius 3 is 2.60 bits per heavy atom. The molecule has 0 atom stereocenters. The van der Waals surface area contributed by atoms with Crippen molar-refractivity contribution in [1.82, 2.24) is 20.2 Å². The van der Waals surface area contributed by atoms with E-state index in [0.717, 1.165) is 0 Å². The summed E-state index contributed by atoms with van der Waals surface area (Å²) in [7, 11) is 0. The zero-order valence-electron chi connectivity index (χ0n) is 11.0. The van der Waals surface area contributed by atoms with Crippen molar-refractivity contribution >= 4 is 17.8 Å². The Kier molecular flexibility index (Phi) is 4.02. The molecule has 1 saturated heterocycles. The van der Waals surface area contributed by atoms with E-state index in [1.807, 2.05) is 0 Å². The predicted octanol–water partition coefficient (Wildman–Crippen LogP) is -0.151. The van der Waals surface area contributed by atoms with Gasteiger partial charge in [0.15, 0.2) is 11.4 Å². The summed E-state index contributed by atoms with van der Waals surface area (Å²) in [5, 5.41) is 11.8. The number of hydrogen-bond acceptors (Lipinski definition) is 4. The highest BCUT2D eigenvalue weighted by Gasteiger charge is 2.28. The fraction of sp³-hybridized carbons (Fsp3) is 0.500. The third-order valence-corrected chi connectivity index (χ3v) is 3.25. The topological polar surface area (TPSA) is 115 Å². The number of carbonyl (C=O) groups excluding carboxylic acids is 2. The zero-order chi connectivity index (χ0) is 14.7. The molecule has 2 heterocycles. The van der Waals surface area contributed by atoms with Crippen LogP contribution >= 0.6 is 0 Å². The number of aromatic amines is 1. The molecule has 1 aliphatic heterocycles. The molecule has 0 aromatic carbocycles. The molecule has 8 nitrogen and oxygen atoms in total. The van der Waals surface area contributed by atoms with Crippen molar-refractivity contribution in [2.75, 3.05) is 13.1 Å². The molecule has 0 radical (unpaired) electrons. The number of piperidine rings is 1. The number of carbonyl (C=O) groups is 3. The van der Waals surface area contributed by atoms with Crippen molar-refractivity contribution in [1.29, 1.82) is 0 Å². The fourth-order valence-corrected chi connectivity index (χ4v) is 2.28. The number of likely N-dealkylation sites (tertiary alicyclic amines) is 1. The third-order valence-electron chi connectivity index (χ3n) is 3.25. The maximum absolute atomic E-state index is 12.2. The molecular formula is C12H16N4O4. The minimum atomic E-state index is -1.21. The molecule has 1 aliphatic rings. The van der Waals surface area contributed by atoms with E-state index < -0.39 is 11.9 Å². The summed E-state index contributed by atoms with van der Waals surface area (Å²) in [5.74, 6) is -1.70. The highest BCUT2D eigenvalue weighted by atomic mass is 16.4. The van der Waals surface area contributed by atoms with Crippen LogP contribution in [0.5, 0.6) is 0 Å². The molecule has 3 N–H and O–H groups in total. The first-order valence-corrected chi connectivity index (χ1v) is 6.32. The van der Waals surface area contributed by atoms with Crippen LogP contribution in [0.4, 0.5) is 0 Å². The second kappa shape index (κ2) is 5.72. The Labute approximate surface area is 115 Å². The summed E-state index contributed by atoms with van der Waals surface area (Å²) in [6, 6.07) is 0.0645. The van der Waals surface area contributed by atoms with Crippen LogP contribution in [-0.4, -0.2) is 56.9 Å². The Bertz CT molecular complexity index is 531. The van der Waals surface area contributed by atoms with E-state index in [-0.39, 0.29) is 23.3 Å². The van der Waals surface area contributed by atoms with Gasteiger partial charge in [-0.05, 0) is 12.8 Å². The van der Waals surface area contributed by atoms with Gasteiger partial charge in [0.2, 0.25) is 5.91 Å². The van der Waals surface area contributed by atoms with E-state index in [0.29, 0.717) is 25.9 Å². The van der Waals surface area contributed by atoms with Crippen molar-refractivity contribution in [3.63, 3.8) is 0 Å². The number of carboxylic acids is 1. The molecule has 2 amide bonds. The Morgan fingerprint density at radius 1 is 1.40 bits per heavy atom. The maximum Gasteiger partial charge on any atom is 0.354 e. The fourth-order valence-electron chi connectivity index (χ4n) is 2.28. The van der Waals surface area contributed by atoms with Crippen LogP contribution in [0.25, 0.3) is 0 Å². The Hall–Kier alpha value is -2.38. The van der Waals surface area contributed by atoms with E-state index in [1.165, 1.54) is 13.3 Å². The van der Waals surface area contributed by atoms with Gasteiger partial charge in [-0.3, -0.25) is 9.59 Å². The third kappa shape index (κ3) is 2.95. The van der Waals surface area contributed by atoms with Crippen LogP contribution in [0, 0.1) is 0 Å². The van der Waals surface area contributed by atoms with E-state index in [4.69, 9.17) is 5.11 Å². The SMILES string of the molecule is CC(=O)NC1CCN(C(=O)c2nc[nH]c2C(=O)O)CC1. The number of aromatic nitrogens is 2. The molecule has 0 spiro atoms. The molecule has 2 rings (SSSR count). The quantitative estimate of drug-likeness (QED) is 0.712. The monoisotopic (exact) mass is 280 g/mol. The van der Waals surface area contributed by atoms with Gasteiger partial charge in [0.1, 0.15) is 0 Å². The lowest BCUT2D eigenvalue weighted by Gasteiger charge is -2.31. The molecule has 1 fully saturated rings. The van der Waals surface area contributed by atoms with Gasteiger partial charge in [-0.25, -0.2) is 9.78 Å². The first kappa shape index (κ1) is 14.0. The minimum Gasteiger partial charge on any atom is -0.477 e. The number of nitrogens with zero attached hydrogens (tertiary/aromatic N) is 2. The Morgan fingerprint density at radius 2 is 2.05 bits per heavy atom. The standard InChI is InChI=1S/C12H16N4O4/c1-7(17)15-8-2-4-16(5-3-8)11(18)9-10(12(19)20)14-6-13-9/h6,8H,2-5H2,1H3,(H,13,14)(H,15,17)(H,19,20). The first-order valence-electron chi connectivity index (χ1n) is 6.32. The number of carboxylic acid groups (broad SMARTS) is 1. The van der Waals surface area contributed by atoms with E-state index >= 15 is 0 Å². The summed E-state index contributed by atoms with van der Waals surface area (Å²) < 4.78 is 0. The number of nitrogens with one attached hydrogen (secondary N) is 2. The van der Waals surface area contributed by atoms with E-state index in [2.05, 4.69) is 15.3 Å². The van der Waals surface area contributed by atoms with E-state index in [1.54, 1.807) is 4.90 Å². The van der Waals surface area contributed by atoms with Crippen LogP contribution < -0.4 is 5.32 Å². The number of rotatable bonds is 3. The number of H-pyrrole nitrogens is 1. The van der Waals surface area contributed by atoms with Gasteiger partial charge in [0.05, 0.1) is 6.33 Å². The van der Waals surface area contributed by atoms with Crippen molar-refractivity contribution < 1.29 is 19.5 Å². The summed E-state index contributed by atoms with van der Waals surface area (Å²) >= 11 is 0. The molecular weight excluding hydrogens is 264 g/mol. The van der Waals surface area contributed by atoms with E-state index in [9.17, 15) is 14.4 Å². The normalized spacial score (nSPS) is 15.9. The molecule has 0 aliphatic carbocycles. The van der Waals surface area contributed by atoms with Gasteiger partial charge in [0, 0.05) is 26.1 Å².